The van der Waals surface area contributed by atoms with Gasteiger partial charge < -0.3 is 10.5 Å². The number of hydrogen-bond donors (Lipinski definition) is 2. The lowest BCUT2D eigenvalue weighted by molar-refractivity contribution is 0.0528. The molecule has 3 N–H and O–H groups in total. The van der Waals surface area contributed by atoms with Crippen LogP contribution in [0.1, 0.15) is 72.9 Å². The van der Waals surface area contributed by atoms with Crippen LogP contribution in [0.2, 0.25) is 0 Å². The Morgan fingerprint density at radius 3 is 2.44 bits per heavy atom. The van der Waals surface area contributed by atoms with Crippen LogP contribution in [0.3, 0.4) is 0 Å². The van der Waals surface area contributed by atoms with Crippen molar-refractivity contribution in [2.45, 2.75) is 56.9 Å². The third kappa shape index (κ3) is 5.49. The molecule has 1 aliphatic carbocycles. The average Bonchev–Trinajstić information content (AvgIpc) is 3.68. The van der Waals surface area contributed by atoms with Crippen molar-refractivity contribution in [2.75, 3.05) is 11.3 Å². The normalized spacial score (nSPS) is 13.8. The van der Waals surface area contributed by atoms with Gasteiger partial charge in [0.05, 0.1) is 45.9 Å². The lowest BCUT2D eigenvalue weighted by atomic mass is 10.1. The molecule has 1 aliphatic rings. The molecule has 1 fully saturated rings. The highest BCUT2D eigenvalue weighted by Crippen LogP contribution is 2.44. The minimum absolute atomic E-state index is 0.0971. The number of nitrogens with zero attached hydrogens (tertiary/aromatic N) is 4. The summed E-state index contributed by atoms with van der Waals surface area (Å²) in [5.41, 5.74) is 6.53. The maximum absolute atomic E-state index is 14.4. The highest BCUT2D eigenvalue weighted by Gasteiger charge is 2.34. The summed E-state index contributed by atoms with van der Waals surface area (Å²) >= 11 is 0. The van der Waals surface area contributed by atoms with Gasteiger partial charge in [-0.25, -0.2) is 27.3 Å². The van der Waals surface area contributed by atoms with E-state index in [1.165, 1.54) is 18.2 Å². The second kappa shape index (κ2) is 10.2. The predicted molar refractivity (Wildman–Crippen MR) is 149 cm³/mol. The quantitative estimate of drug-likeness (QED) is 0.291. The first-order chi connectivity index (χ1) is 19.3. The molecule has 0 radical (unpaired) electrons. The van der Waals surface area contributed by atoms with E-state index in [4.69, 9.17) is 20.6 Å². The van der Waals surface area contributed by atoms with Crippen molar-refractivity contribution in [3.05, 3.63) is 65.2 Å². The van der Waals surface area contributed by atoms with Gasteiger partial charge in [0.2, 0.25) is 5.91 Å². The fraction of sp³-hybridized carbons (Fsp3) is 0.321. The van der Waals surface area contributed by atoms with Gasteiger partial charge in [0.25, 0.3) is 10.0 Å². The lowest BCUT2D eigenvalue weighted by Crippen LogP contribution is -2.23. The molecule has 11 nitrogen and oxygen atoms in total. The van der Waals surface area contributed by atoms with E-state index in [0.29, 0.717) is 28.0 Å². The maximum atomic E-state index is 14.4. The maximum Gasteiger partial charge on any atom is 0.339 e. The second-order valence-corrected chi connectivity index (χ2v) is 12.4. The smallest absolute Gasteiger partial charge is 0.339 e. The minimum atomic E-state index is -4.23. The number of aromatic nitrogens is 4. The SMILES string of the molecule is CCOC(=O)c1cc(-c2ccc(S(=O)(=O)Nc3ccc(C(N)=O)cc3F)cn2)nc2c1c(C1CC1)nn2C(C)(C)C. The number of pyridine rings is 2. The topological polar surface area (TPSA) is 159 Å². The largest absolute Gasteiger partial charge is 0.462 e. The number of anilines is 1. The van der Waals surface area contributed by atoms with Crippen molar-refractivity contribution in [1.29, 1.82) is 0 Å². The third-order valence-electron chi connectivity index (χ3n) is 6.57. The van der Waals surface area contributed by atoms with Gasteiger partial charge in [-0.05, 0) is 76.9 Å². The minimum Gasteiger partial charge on any atom is -0.462 e. The van der Waals surface area contributed by atoms with Gasteiger partial charge in [-0.15, -0.1) is 0 Å². The number of halogens is 1. The number of nitrogens with two attached hydrogens (primary N) is 1. The summed E-state index contributed by atoms with van der Waals surface area (Å²) in [5, 5.41) is 5.50. The van der Waals surface area contributed by atoms with E-state index in [-0.39, 0.29) is 28.7 Å². The molecule has 0 saturated heterocycles. The highest BCUT2D eigenvalue weighted by molar-refractivity contribution is 7.92. The molecule has 1 aromatic carbocycles. The molecule has 1 amide bonds. The van der Waals surface area contributed by atoms with E-state index in [0.717, 1.165) is 36.9 Å². The zero-order valence-corrected chi connectivity index (χ0v) is 23.8. The summed E-state index contributed by atoms with van der Waals surface area (Å²) < 4.78 is 49.6. The van der Waals surface area contributed by atoms with Crippen LogP contribution < -0.4 is 10.5 Å². The number of fused-ring (bicyclic) bond motifs is 1. The van der Waals surface area contributed by atoms with Crippen LogP contribution >= 0.6 is 0 Å². The third-order valence-corrected chi connectivity index (χ3v) is 7.92. The van der Waals surface area contributed by atoms with Crippen molar-refractivity contribution in [3.63, 3.8) is 0 Å². The molecule has 0 unspecified atom stereocenters. The molecule has 214 valence electrons. The number of rotatable bonds is 8. The number of ether oxygens (including phenoxy) is 1. The first-order valence-electron chi connectivity index (χ1n) is 13.0. The van der Waals surface area contributed by atoms with E-state index in [9.17, 15) is 22.4 Å². The van der Waals surface area contributed by atoms with Crippen molar-refractivity contribution < 1.29 is 27.1 Å². The Morgan fingerprint density at radius 1 is 1.15 bits per heavy atom. The number of primary amides is 1. The van der Waals surface area contributed by atoms with Crippen LogP contribution in [0, 0.1) is 5.82 Å². The summed E-state index contributed by atoms with van der Waals surface area (Å²) in [7, 11) is -4.23. The van der Waals surface area contributed by atoms with Crippen molar-refractivity contribution in [1.82, 2.24) is 19.7 Å². The molecule has 0 aliphatic heterocycles. The second-order valence-electron chi connectivity index (χ2n) is 10.8. The predicted octanol–water partition coefficient (Wildman–Crippen LogP) is 4.34. The molecule has 0 spiro atoms. The summed E-state index contributed by atoms with van der Waals surface area (Å²) in [6.07, 6.45) is 3.07. The summed E-state index contributed by atoms with van der Waals surface area (Å²) in [5.74, 6) is -2.07. The molecule has 1 saturated carbocycles. The molecular formula is C28H29FN6O5S. The number of hydrogen-bond acceptors (Lipinski definition) is 8. The Bertz CT molecular complexity index is 1790. The number of benzene rings is 1. The first-order valence-corrected chi connectivity index (χ1v) is 14.5. The molecule has 3 aromatic heterocycles. The monoisotopic (exact) mass is 580 g/mol. The van der Waals surface area contributed by atoms with Gasteiger partial charge in [0.1, 0.15) is 10.7 Å². The molecule has 13 heteroatoms. The van der Waals surface area contributed by atoms with Gasteiger partial charge in [-0.3, -0.25) is 14.5 Å². The number of amides is 1. The lowest BCUT2D eigenvalue weighted by Gasteiger charge is -2.20. The fourth-order valence-corrected chi connectivity index (χ4v) is 5.41. The number of esters is 1. The summed E-state index contributed by atoms with van der Waals surface area (Å²) in [4.78, 5) is 33.2. The van der Waals surface area contributed by atoms with Crippen molar-refractivity contribution in [2.24, 2.45) is 5.73 Å². The van der Waals surface area contributed by atoms with Gasteiger partial charge in [-0.2, -0.15) is 5.10 Å². The molecule has 4 aromatic rings. The molecule has 41 heavy (non-hydrogen) atoms. The Balaban J connectivity index is 1.55. The van der Waals surface area contributed by atoms with Crippen LogP contribution in [0.15, 0.2) is 47.5 Å². The Morgan fingerprint density at radius 2 is 1.88 bits per heavy atom. The summed E-state index contributed by atoms with van der Waals surface area (Å²) in [6, 6.07) is 7.51. The average molecular weight is 581 g/mol. The molecule has 0 bridgehead atoms. The number of carbonyl (C=O) groups is 2. The van der Waals surface area contributed by atoms with Gasteiger partial charge in [0, 0.05) is 17.7 Å². The Hall–Kier alpha value is -4.39. The van der Waals surface area contributed by atoms with E-state index >= 15 is 0 Å². The van der Waals surface area contributed by atoms with Gasteiger partial charge in [-0.1, -0.05) is 0 Å². The van der Waals surface area contributed by atoms with Crippen LogP contribution in [0.4, 0.5) is 10.1 Å². The van der Waals surface area contributed by atoms with Crippen molar-refractivity contribution >= 4 is 38.6 Å². The first kappa shape index (κ1) is 28.1. The zero-order valence-electron chi connectivity index (χ0n) is 22.9. The number of nitrogens with one attached hydrogen (secondary N) is 1. The molecule has 5 rings (SSSR count). The van der Waals surface area contributed by atoms with E-state index in [1.807, 2.05) is 20.8 Å². The van der Waals surface area contributed by atoms with E-state index < -0.39 is 33.3 Å². The van der Waals surface area contributed by atoms with Crippen LogP contribution in [0.5, 0.6) is 0 Å². The highest BCUT2D eigenvalue weighted by atomic mass is 32.2. The Kier molecular flexibility index (Phi) is 7.02. The van der Waals surface area contributed by atoms with Crippen molar-refractivity contribution in [3.8, 4) is 11.4 Å². The molecular weight excluding hydrogens is 551 g/mol. The number of sulfonamides is 1. The summed E-state index contributed by atoms with van der Waals surface area (Å²) in [6.45, 7) is 7.88. The van der Waals surface area contributed by atoms with Crippen LogP contribution in [-0.2, 0) is 20.3 Å². The van der Waals surface area contributed by atoms with Gasteiger partial charge >= 0.3 is 5.97 Å². The number of carbonyl (C=O) groups excluding carboxylic acids is 2. The molecule has 0 atom stereocenters. The molecule has 3 heterocycles. The van der Waals surface area contributed by atoms with E-state index in [2.05, 4.69) is 9.71 Å². The van der Waals surface area contributed by atoms with Crippen LogP contribution in [-0.4, -0.2) is 46.6 Å². The van der Waals surface area contributed by atoms with Crippen LogP contribution in [0.25, 0.3) is 22.4 Å². The zero-order chi connectivity index (χ0) is 29.7. The van der Waals surface area contributed by atoms with Gasteiger partial charge in [0.15, 0.2) is 5.65 Å². The fourth-order valence-electron chi connectivity index (χ4n) is 4.40. The van der Waals surface area contributed by atoms with E-state index in [1.54, 1.807) is 17.7 Å². The standard InChI is InChI=1S/C28H29FN6O5S/c1-5-40-27(37)18-13-22(32-26-23(18)24(15-6-7-15)33-35(26)28(2,3)4)21-11-9-17(14-31-21)41(38,39)34-20-10-8-16(25(30)36)12-19(20)29/h8-15,34H,5-7H2,1-4H3,(H2,30,36). The Labute approximate surface area is 236 Å².